The van der Waals surface area contributed by atoms with Gasteiger partial charge in [-0.2, -0.15) is 0 Å². The maximum Gasteiger partial charge on any atom is 0.230 e. The van der Waals surface area contributed by atoms with Crippen LogP contribution >= 0.6 is 0 Å². The standard InChI is InChI=1S/C20H25N3O.C6H14O3/c1-4-23(5-2)20(24)14-9-16-15-7-6-8-17-19(15)13(11-21-17)10-18(16)22(3)12-14;1-2-8-5-6-9-4-3-7/h6-9,11,14,18,21H,4-5,10,12H2,1-3H3;7H,2-6H2,1H3/t14-,18-;/m1./s1. The molecule has 2 aliphatic rings. The Morgan fingerprint density at radius 2 is 1.94 bits per heavy atom. The van der Waals surface area contributed by atoms with Gasteiger partial charge >= 0.3 is 0 Å². The quantitative estimate of drug-likeness (QED) is 0.566. The third-order valence-corrected chi connectivity index (χ3v) is 6.47. The van der Waals surface area contributed by atoms with E-state index in [4.69, 9.17) is 14.6 Å². The number of nitrogens with zero attached hydrogens (tertiary/aromatic N) is 2. The molecule has 2 atom stereocenters. The Kier molecular flexibility index (Phi) is 9.50. The minimum absolute atomic E-state index is 0.0445. The van der Waals surface area contributed by atoms with Crippen LogP contribution in [0.1, 0.15) is 31.9 Å². The molecule has 1 aliphatic heterocycles. The number of aromatic amines is 1. The second kappa shape index (κ2) is 12.3. The van der Waals surface area contributed by atoms with Gasteiger partial charge in [0.15, 0.2) is 0 Å². The highest BCUT2D eigenvalue weighted by atomic mass is 16.5. The first kappa shape index (κ1) is 25.4. The van der Waals surface area contributed by atoms with Crippen LogP contribution in [0.25, 0.3) is 16.5 Å². The summed E-state index contributed by atoms with van der Waals surface area (Å²) in [7, 11) is 2.15. The molecular formula is C26H39N3O4. The van der Waals surface area contributed by atoms with Crippen LogP contribution in [0.4, 0.5) is 0 Å². The summed E-state index contributed by atoms with van der Waals surface area (Å²) in [5.41, 5.74) is 5.21. The molecule has 1 aromatic carbocycles. The van der Waals surface area contributed by atoms with Crippen molar-refractivity contribution < 1.29 is 19.4 Å². The number of rotatable bonds is 9. The molecule has 2 N–H and O–H groups in total. The number of amides is 1. The molecule has 0 saturated carbocycles. The summed E-state index contributed by atoms with van der Waals surface area (Å²) < 4.78 is 9.88. The second-order valence-electron chi connectivity index (χ2n) is 8.47. The highest BCUT2D eigenvalue weighted by Crippen LogP contribution is 2.40. The largest absolute Gasteiger partial charge is 0.394 e. The van der Waals surface area contributed by atoms with Gasteiger partial charge < -0.3 is 24.5 Å². The first-order valence-corrected chi connectivity index (χ1v) is 12.1. The lowest BCUT2D eigenvalue weighted by atomic mass is 9.79. The summed E-state index contributed by atoms with van der Waals surface area (Å²) >= 11 is 0. The van der Waals surface area contributed by atoms with Crippen molar-refractivity contribution in [2.24, 2.45) is 5.92 Å². The zero-order chi connectivity index (χ0) is 23.8. The van der Waals surface area contributed by atoms with Gasteiger partial charge in [-0.25, -0.2) is 0 Å². The molecule has 1 aliphatic carbocycles. The first-order valence-electron chi connectivity index (χ1n) is 12.1. The van der Waals surface area contributed by atoms with E-state index in [1.165, 1.54) is 27.6 Å². The van der Waals surface area contributed by atoms with Crippen molar-refractivity contribution in [1.29, 1.82) is 0 Å². The summed E-state index contributed by atoms with van der Waals surface area (Å²) in [5, 5.41) is 9.59. The summed E-state index contributed by atoms with van der Waals surface area (Å²) in [5.74, 6) is 0.210. The molecule has 0 spiro atoms. The number of carbonyl (C=O) groups excluding carboxylic acids is 1. The molecule has 4 rings (SSSR count). The van der Waals surface area contributed by atoms with Gasteiger partial charge in [-0.05, 0) is 57.0 Å². The smallest absolute Gasteiger partial charge is 0.230 e. The van der Waals surface area contributed by atoms with Crippen molar-refractivity contribution in [3.8, 4) is 0 Å². The number of hydrogen-bond acceptors (Lipinski definition) is 5. The Bertz CT molecular complexity index is 929. The van der Waals surface area contributed by atoms with Crippen LogP contribution in [0.15, 0.2) is 30.5 Å². The summed E-state index contributed by atoms with van der Waals surface area (Å²) in [6.45, 7) is 10.8. The molecule has 0 radical (unpaired) electrons. The fourth-order valence-corrected chi connectivity index (χ4v) is 4.80. The molecule has 2 heterocycles. The molecule has 1 amide bonds. The van der Waals surface area contributed by atoms with E-state index in [-0.39, 0.29) is 18.4 Å². The predicted molar refractivity (Wildman–Crippen MR) is 132 cm³/mol. The number of likely N-dealkylation sites (N-methyl/N-ethyl adjacent to an activating group) is 1. The SMILES string of the molecule is CCN(CC)C(=O)[C@@H]1C=C2c3cccc4[nH]cc(c34)C[C@H]2N(C)C1.CCOCCOCCO. The molecule has 182 valence electrons. The van der Waals surface area contributed by atoms with Crippen LogP contribution in [0, 0.1) is 5.92 Å². The van der Waals surface area contributed by atoms with E-state index < -0.39 is 0 Å². The van der Waals surface area contributed by atoms with Gasteiger partial charge in [-0.1, -0.05) is 18.2 Å². The van der Waals surface area contributed by atoms with E-state index in [0.29, 0.717) is 25.9 Å². The molecule has 33 heavy (non-hydrogen) atoms. The Labute approximate surface area is 197 Å². The van der Waals surface area contributed by atoms with Gasteiger partial charge in [-0.15, -0.1) is 0 Å². The number of carbonyl (C=O) groups is 1. The predicted octanol–water partition coefficient (Wildman–Crippen LogP) is 2.94. The summed E-state index contributed by atoms with van der Waals surface area (Å²) in [6.07, 6.45) is 5.41. The number of H-pyrrole nitrogens is 1. The van der Waals surface area contributed by atoms with Crippen LogP contribution < -0.4 is 0 Å². The van der Waals surface area contributed by atoms with Gasteiger partial charge in [0, 0.05) is 49.4 Å². The molecule has 7 nitrogen and oxygen atoms in total. The first-order chi connectivity index (χ1) is 16.0. The summed E-state index contributed by atoms with van der Waals surface area (Å²) in [6, 6.07) is 6.82. The van der Waals surface area contributed by atoms with Gasteiger partial charge in [0.25, 0.3) is 0 Å². The lowest BCUT2D eigenvalue weighted by molar-refractivity contribution is -0.134. The van der Waals surface area contributed by atoms with Gasteiger partial charge in [0.05, 0.1) is 32.3 Å². The third kappa shape index (κ3) is 5.84. The third-order valence-electron chi connectivity index (χ3n) is 6.47. The average molecular weight is 458 g/mol. The molecule has 7 heteroatoms. The fourth-order valence-electron chi connectivity index (χ4n) is 4.80. The lowest BCUT2D eigenvalue weighted by Gasteiger charge is -2.40. The fraction of sp³-hybridized carbons (Fsp3) is 0.577. The van der Waals surface area contributed by atoms with Gasteiger partial charge in [0.2, 0.25) is 5.91 Å². The number of hydrogen-bond donors (Lipinski definition) is 2. The van der Waals surface area contributed by atoms with Crippen molar-refractivity contribution in [2.45, 2.75) is 33.2 Å². The van der Waals surface area contributed by atoms with E-state index >= 15 is 0 Å². The van der Waals surface area contributed by atoms with E-state index in [9.17, 15) is 4.79 Å². The molecule has 2 aromatic rings. The second-order valence-corrected chi connectivity index (χ2v) is 8.47. The monoisotopic (exact) mass is 457 g/mol. The Morgan fingerprint density at radius 1 is 1.18 bits per heavy atom. The molecule has 0 fully saturated rings. The van der Waals surface area contributed by atoms with Crippen LogP contribution in [-0.4, -0.2) is 91.6 Å². The number of nitrogens with one attached hydrogen (secondary N) is 1. The molecule has 0 bridgehead atoms. The Balaban J connectivity index is 0.000000292. The molecule has 0 saturated heterocycles. The van der Waals surface area contributed by atoms with Gasteiger partial charge in [0.1, 0.15) is 0 Å². The average Bonchev–Trinajstić information content (AvgIpc) is 3.25. The van der Waals surface area contributed by atoms with Crippen molar-refractivity contribution in [2.75, 3.05) is 59.7 Å². The topological polar surface area (TPSA) is 78.0 Å². The Hall–Kier alpha value is -2.19. The number of aliphatic hydroxyl groups excluding tert-OH is 1. The van der Waals surface area contributed by atoms with E-state index in [2.05, 4.69) is 61.3 Å². The van der Waals surface area contributed by atoms with Crippen LogP contribution in [0.3, 0.4) is 0 Å². The van der Waals surface area contributed by atoms with Gasteiger partial charge in [-0.3, -0.25) is 9.69 Å². The number of aromatic nitrogens is 1. The zero-order valence-electron chi connectivity index (χ0n) is 20.5. The van der Waals surface area contributed by atoms with Crippen molar-refractivity contribution in [1.82, 2.24) is 14.8 Å². The highest BCUT2D eigenvalue weighted by molar-refractivity contribution is 5.99. The maximum atomic E-state index is 12.9. The van der Waals surface area contributed by atoms with E-state index in [0.717, 1.165) is 32.7 Å². The zero-order valence-corrected chi connectivity index (χ0v) is 20.5. The number of benzene rings is 1. The van der Waals surface area contributed by atoms with E-state index in [1.54, 1.807) is 0 Å². The van der Waals surface area contributed by atoms with Crippen molar-refractivity contribution in [3.63, 3.8) is 0 Å². The number of fused-ring (bicyclic) bond motifs is 2. The number of ether oxygens (including phenoxy) is 2. The summed E-state index contributed by atoms with van der Waals surface area (Å²) in [4.78, 5) is 20.6. The number of aliphatic hydroxyl groups is 1. The van der Waals surface area contributed by atoms with Crippen molar-refractivity contribution >= 4 is 22.4 Å². The van der Waals surface area contributed by atoms with Crippen LogP contribution in [0.5, 0.6) is 0 Å². The minimum atomic E-state index is -0.0445. The van der Waals surface area contributed by atoms with Crippen LogP contribution in [0.2, 0.25) is 0 Å². The highest BCUT2D eigenvalue weighted by Gasteiger charge is 2.36. The normalized spacial score (nSPS) is 19.5. The van der Waals surface area contributed by atoms with Crippen LogP contribution in [-0.2, 0) is 20.7 Å². The Morgan fingerprint density at radius 3 is 2.64 bits per heavy atom. The van der Waals surface area contributed by atoms with E-state index in [1.807, 2.05) is 11.8 Å². The molecule has 1 aromatic heterocycles. The maximum absolute atomic E-state index is 12.9. The molecule has 0 unspecified atom stereocenters. The molecular weight excluding hydrogens is 418 g/mol. The lowest BCUT2D eigenvalue weighted by Crippen LogP contribution is -2.47. The minimum Gasteiger partial charge on any atom is -0.394 e. The van der Waals surface area contributed by atoms with Crippen molar-refractivity contribution in [3.05, 3.63) is 41.6 Å².